The highest BCUT2D eigenvalue weighted by molar-refractivity contribution is 6.28. The van der Waals surface area contributed by atoms with E-state index < -0.39 is 0 Å². The van der Waals surface area contributed by atoms with Crippen LogP contribution in [0.1, 0.15) is 19.4 Å². The van der Waals surface area contributed by atoms with Gasteiger partial charge in [-0.15, -0.1) is 0 Å². The SMILES string of the molecule is Cc1cnc(Cl)nc1NC(CN(C)C)C(C)C. The number of hydrogen-bond donors (Lipinski definition) is 1. The minimum Gasteiger partial charge on any atom is -0.365 e. The smallest absolute Gasteiger partial charge is 0.224 e. The fourth-order valence-electron chi connectivity index (χ4n) is 1.56. The quantitative estimate of drug-likeness (QED) is 0.822. The normalized spacial score (nSPS) is 13.2. The van der Waals surface area contributed by atoms with E-state index in [1.165, 1.54) is 0 Å². The van der Waals surface area contributed by atoms with Crippen molar-refractivity contribution < 1.29 is 0 Å². The van der Waals surface area contributed by atoms with Crippen molar-refractivity contribution in [2.75, 3.05) is 26.0 Å². The van der Waals surface area contributed by atoms with Gasteiger partial charge in [-0.1, -0.05) is 13.8 Å². The van der Waals surface area contributed by atoms with Gasteiger partial charge in [-0.25, -0.2) is 9.97 Å². The average Bonchev–Trinajstić information content (AvgIpc) is 2.21. The van der Waals surface area contributed by atoms with Crippen LogP contribution in [0.4, 0.5) is 5.82 Å². The molecule has 17 heavy (non-hydrogen) atoms. The third-order valence-corrected chi connectivity index (χ3v) is 2.81. The first kappa shape index (κ1) is 14.2. The zero-order chi connectivity index (χ0) is 13.0. The largest absolute Gasteiger partial charge is 0.365 e. The first-order valence-electron chi connectivity index (χ1n) is 5.80. The molecule has 0 saturated heterocycles. The van der Waals surface area contributed by atoms with Gasteiger partial charge in [0, 0.05) is 24.3 Å². The van der Waals surface area contributed by atoms with Crippen molar-refractivity contribution in [1.82, 2.24) is 14.9 Å². The fourth-order valence-corrected chi connectivity index (χ4v) is 1.69. The van der Waals surface area contributed by atoms with E-state index >= 15 is 0 Å². The summed E-state index contributed by atoms with van der Waals surface area (Å²) < 4.78 is 0. The lowest BCUT2D eigenvalue weighted by Crippen LogP contribution is -2.36. The highest BCUT2D eigenvalue weighted by Crippen LogP contribution is 2.16. The van der Waals surface area contributed by atoms with Gasteiger partial charge in [0.1, 0.15) is 5.82 Å². The number of halogens is 1. The van der Waals surface area contributed by atoms with Crippen LogP contribution >= 0.6 is 11.6 Å². The third-order valence-electron chi connectivity index (χ3n) is 2.63. The predicted octanol–water partition coefficient (Wildman–Crippen LogP) is 2.44. The number of aryl methyl sites for hydroxylation is 1. The van der Waals surface area contributed by atoms with Crippen molar-refractivity contribution in [3.8, 4) is 0 Å². The van der Waals surface area contributed by atoms with Crippen molar-refractivity contribution in [2.45, 2.75) is 26.8 Å². The molecule has 0 fully saturated rings. The molecule has 1 aromatic heterocycles. The fraction of sp³-hybridized carbons (Fsp3) is 0.667. The number of hydrogen-bond acceptors (Lipinski definition) is 4. The summed E-state index contributed by atoms with van der Waals surface area (Å²) in [6.07, 6.45) is 1.74. The van der Waals surface area contributed by atoms with E-state index in [2.05, 4.69) is 48.1 Å². The van der Waals surface area contributed by atoms with Crippen molar-refractivity contribution in [2.24, 2.45) is 5.92 Å². The molecule has 1 rings (SSSR count). The Morgan fingerprint density at radius 3 is 2.59 bits per heavy atom. The maximum Gasteiger partial charge on any atom is 0.224 e. The molecule has 1 N–H and O–H groups in total. The summed E-state index contributed by atoms with van der Waals surface area (Å²) in [6.45, 7) is 7.32. The van der Waals surface area contributed by atoms with E-state index in [4.69, 9.17) is 11.6 Å². The molecule has 1 aromatic rings. The molecule has 1 heterocycles. The Bertz CT molecular complexity index is 366. The van der Waals surface area contributed by atoms with Gasteiger partial charge in [0.15, 0.2) is 0 Å². The molecule has 96 valence electrons. The summed E-state index contributed by atoms with van der Waals surface area (Å²) in [6, 6.07) is 0.342. The van der Waals surface area contributed by atoms with E-state index in [-0.39, 0.29) is 5.28 Å². The van der Waals surface area contributed by atoms with Crippen LogP contribution in [-0.4, -0.2) is 41.5 Å². The molecular weight excluding hydrogens is 236 g/mol. The number of aromatic nitrogens is 2. The van der Waals surface area contributed by atoms with Gasteiger partial charge in [-0.2, -0.15) is 0 Å². The Kier molecular flexibility index (Phi) is 5.15. The highest BCUT2D eigenvalue weighted by Gasteiger charge is 2.16. The summed E-state index contributed by atoms with van der Waals surface area (Å²) in [5, 5.41) is 3.72. The number of anilines is 1. The van der Waals surface area contributed by atoms with E-state index in [0.29, 0.717) is 12.0 Å². The number of rotatable bonds is 5. The summed E-state index contributed by atoms with van der Waals surface area (Å²) in [4.78, 5) is 10.3. The van der Waals surface area contributed by atoms with Gasteiger partial charge in [-0.05, 0) is 38.5 Å². The van der Waals surface area contributed by atoms with Crippen LogP contribution in [0, 0.1) is 12.8 Å². The van der Waals surface area contributed by atoms with Crippen molar-refractivity contribution in [3.63, 3.8) is 0 Å². The molecule has 0 radical (unpaired) electrons. The zero-order valence-electron chi connectivity index (χ0n) is 11.2. The molecular formula is C12H21ClN4. The topological polar surface area (TPSA) is 41.1 Å². The van der Waals surface area contributed by atoms with Crippen LogP contribution in [0.15, 0.2) is 6.20 Å². The highest BCUT2D eigenvalue weighted by atomic mass is 35.5. The number of nitrogens with one attached hydrogen (secondary N) is 1. The van der Waals surface area contributed by atoms with Gasteiger partial charge in [0.25, 0.3) is 0 Å². The summed E-state index contributed by atoms with van der Waals surface area (Å²) in [7, 11) is 4.13. The van der Waals surface area contributed by atoms with Crippen molar-refractivity contribution >= 4 is 17.4 Å². The second kappa shape index (κ2) is 6.17. The second-order valence-corrected chi connectivity index (χ2v) is 5.27. The monoisotopic (exact) mass is 256 g/mol. The maximum atomic E-state index is 5.81. The second-order valence-electron chi connectivity index (χ2n) is 4.93. The van der Waals surface area contributed by atoms with Gasteiger partial charge < -0.3 is 10.2 Å². The minimum atomic E-state index is 0.283. The molecule has 5 heteroatoms. The lowest BCUT2D eigenvalue weighted by Gasteiger charge is -2.26. The summed E-state index contributed by atoms with van der Waals surface area (Å²) in [5.41, 5.74) is 1.01. The summed E-state index contributed by atoms with van der Waals surface area (Å²) >= 11 is 5.81. The Labute approximate surface area is 108 Å². The van der Waals surface area contributed by atoms with Crippen LogP contribution < -0.4 is 5.32 Å². The number of nitrogens with zero attached hydrogens (tertiary/aromatic N) is 3. The van der Waals surface area contributed by atoms with Crippen LogP contribution in [0.5, 0.6) is 0 Å². The lowest BCUT2D eigenvalue weighted by atomic mass is 10.0. The lowest BCUT2D eigenvalue weighted by molar-refractivity contribution is 0.344. The van der Waals surface area contributed by atoms with Gasteiger partial charge in [0.05, 0.1) is 0 Å². The zero-order valence-corrected chi connectivity index (χ0v) is 11.9. The third kappa shape index (κ3) is 4.48. The Morgan fingerprint density at radius 2 is 2.06 bits per heavy atom. The molecule has 0 aromatic carbocycles. The molecule has 0 amide bonds. The Balaban J connectivity index is 2.81. The average molecular weight is 257 g/mol. The van der Waals surface area contributed by atoms with Crippen LogP contribution in [0.25, 0.3) is 0 Å². The van der Waals surface area contributed by atoms with Crippen molar-refractivity contribution in [3.05, 3.63) is 17.0 Å². The first-order valence-corrected chi connectivity index (χ1v) is 6.18. The van der Waals surface area contributed by atoms with E-state index in [9.17, 15) is 0 Å². The molecule has 0 spiro atoms. The minimum absolute atomic E-state index is 0.283. The molecule has 1 unspecified atom stereocenters. The van der Waals surface area contributed by atoms with Crippen LogP contribution in [-0.2, 0) is 0 Å². The van der Waals surface area contributed by atoms with E-state index in [1.54, 1.807) is 6.20 Å². The van der Waals surface area contributed by atoms with Gasteiger partial charge in [-0.3, -0.25) is 0 Å². The molecule has 1 atom stereocenters. The molecule has 0 aliphatic carbocycles. The van der Waals surface area contributed by atoms with E-state index in [1.807, 2.05) is 6.92 Å². The predicted molar refractivity (Wildman–Crippen MR) is 72.6 cm³/mol. The van der Waals surface area contributed by atoms with Crippen LogP contribution in [0.3, 0.4) is 0 Å². The van der Waals surface area contributed by atoms with E-state index in [0.717, 1.165) is 17.9 Å². The van der Waals surface area contributed by atoms with Crippen LogP contribution in [0.2, 0.25) is 5.28 Å². The molecule has 0 bridgehead atoms. The van der Waals surface area contributed by atoms with Gasteiger partial charge in [0.2, 0.25) is 5.28 Å². The molecule has 0 aliphatic rings. The standard InChI is InChI=1S/C12H21ClN4/c1-8(2)10(7-17(4)5)15-11-9(3)6-14-12(13)16-11/h6,8,10H,7H2,1-5H3,(H,14,15,16). The first-order chi connectivity index (χ1) is 7.90. The van der Waals surface area contributed by atoms with Gasteiger partial charge >= 0.3 is 0 Å². The molecule has 0 aliphatic heterocycles. The summed E-state index contributed by atoms with van der Waals surface area (Å²) in [5.74, 6) is 1.34. The molecule has 4 nitrogen and oxygen atoms in total. The number of likely N-dealkylation sites (N-methyl/N-ethyl adjacent to an activating group) is 1. The Hall–Kier alpha value is -0.870. The maximum absolute atomic E-state index is 5.81. The Morgan fingerprint density at radius 1 is 1.41 bits per heavy atom. The van der Waals surface area contributed by atoms with Crippen molar-refractivity contribution in [1.29, 1.82) is 0 Å². The molecule has 0 saturated carbocycles.